The molecule has 23 heavy (non-hydrogen) atoms. The molecule has 1 aromatic carbocycles. The lowest BCUT2D eigenvalue weighted by Crippen LogP contribution is -2.24. The third-order valence-corrected chi connectivity index (χ3v) is 4.26. The molecule has 0 aliphatic carbocycles. The number of anilines is 2. The molecule has 1 aliphatic rings. The van der Waals surface area contributed by atoms with Gasteiger partial charge in [0, 0.05) is 25.4 Å². The van der Waals surface area contributed by atoms with Gasteiger partial charge in [0.15, 0.2) is 0 Å². The fourth-order valence-electron chi connectivity index (χ4n) is 2.98. The van der Waals surface area contributed by atoms with E-state index < -0.39 is 0 Å². The molecule has 2 heterocycles. The Labute approximate surface area is 136 Å². The van der Waals surface area contributed by atoms with Crippen molar-refractivity contribution >= 4 is 23.4 Å². The number of H-pyrrole nitrogens is 1. The molecule has 5 nitrogen and oxygen atoms in total. The summed E-state index contributed by atoms with van der Waals surface area (Å²) in [5, 5.41) is 9.81. The average Bonchev–Trinajstić information content (AvgIpc) is 2.85. The van der Waals surface area contributed by atoms with Crippen LogP contribution in [0.1, 0.15) is 28.9 Å². The summed E-state index contributed by atoms with van der Waals surface area (Å²) in [5.74, 6) is -0.146. The first-order valence-corrected chi connectivity index (χ1v) is 7.89. The van der Waals surface area contributed by atoms with E-state index in [2.05, 4.69) is 45.7 Å². The number of hydrogen-bond donors (Lipinski definition) is 2. The van der Waals surface area contributed by atoms with Crippen molar-refractivity contribution < 1.29 is 4.79 Å². The molecule has 2 aromatic rings. The molecular formula is C18H22N4O. The summed E-state index contributed by atoms with van der Waals surface area (Å²) < 4.78 is 0. The Morgan fingerprint density at radius 3 is 2.96 bits per heavy atom. The van der Waals surface area contributed by atoms with E-state index in [0.717, 1.165) is 35.6 Å². The van der Waals surface area contributed by atoms with Crippen molar-refractivity contribution in [2.24, 2.45) is 0 Å². The van der Waals surface area contributed by atoms with Gasteiger partial charge in [0.1, 0.15) is 0 Å². The quantitative estimate of drug-likeness (QED) is 0.857. The molecule has 0 atom stereocenters. The molecule has 0 unspecified atom stereocenters. The highest BCUT2D eigenvalue weighted by atomic mass is 16.1. The highest BCUT2D eigenvalue weighted by molar-refractivity contribution is 6.02. The number of nitrogens with one attached hydrogen (secondary N) is 2. The van der Waals surface area contributed by atoms with Crippen molar-refractivity contribution in [1.29, 1.82) is 0 Å². The van der Waals surface area contributed by atoms with E-state index in [-0.39, 0.29) is 5.91 Å². The summed E-state index contributed by atoms with van der Waals surface area (Å²) in [5.41, 5.74) is 6.11. The van der Waals surface area contributed by atoms with Gasteiger partial charge in [-0.3, -0.25) is 9.89 Å². The van der Waals surface area contributed by atoms with Gasteiger partial charge >= 0.3 is 0 Å². The Balaban J connectivity index is 1.71. The van der Waals surface area contributed by atoms with E-state index in [0.29, 0.717) is 0 Å². The van der Waals surface area contributed by atoms with Gasteiger partial charge in [-0.05, 0) is 56.0 Å². The van der Waals surface area contributed by atoms with Crippen molar-refractivity contribution in [1.82, 2.24) is 10.2 Å². The zero-order chi connectivity index (χ0) is 16.4. The fourth-order valence-corrected chi connectivity index (χ4v) is 2.98. The number of aromatic nitrogens is 2. The van der Waals surface area contributed by atoms with Gasteiger partial charge in [0.25, 0.3) is 0 Å². The van der Waals surface area contributed by atoms with Gasteiger partial charge < -0.3 is 10.2 Å². The first kappa shape index (κ1) is 15.3. The summed E-state index contributed by atoms with van der Waals surface area (Å²) in [7, 11) is 2.12. The van der Waals surface area contributed by atoms with Crippen LogP contribution >= 0.6 is 0 Å². The van der Waals surface area contributed by atoms with E-state index >= 15 is 0 Å². The second kappa shape index (κ2) is 6.28. The number of hydrogen-bond acceptors (Lipinski definition) is 3. The van der Waals surface area contributed by atoms with Gasteiger partial charge in [-0.15, -0.1) is 0 Å². The molecule has 0 spiro atoms. The number of benzene rings is 1. The largest absolute Gasteiger partial charge is 0.374 e. The van der Waals surface area contributed by atoms with Crippen LogP contribution < -0.4 is 10.2 Å². The Morgan fingerprint density at radius 2 is 2.22 bits per heavy atom. The van der Waals surface area contributed by atoms with Crippen molar-refractivity contribution in [2.45, 2.75) is 26.7 Å². The first-order valence-electron chi connectivity index (χ1n) is 7.89. The van der Waals surface area contributed by atoms with Crippen LogP contribution in [0.15, 0.2) is 24.3 Å². The lowest BCUT2D eigenvalue weighted by Gasteiger charge is -2.27. The van der Waals surface area contributed by atoms with Gasteiger partial charge in [-0.1, -0.05) is 6.07 Å². The third-order valence-electron chi connectivity index (χ3n) is 4.26. The number of amides is 1. The summed E-state index contributed by atoms with van der Waals surface area (Å²) in [4.78, 5) is 14.4. The van der Waals surface area contributed by atoms with Crippen molar-refractivity contribution in [3.63, 3.8) is 0 Å². The minimum Gasteiger partial charge on any atom is -0.374 e. The molecule has 0 saturated heterocycles. The molecule has 1 amide bonds. The number of aromatic amines is 1. The van der Waals surface area contributed by atoms with Crippen LogP contribution in [0.25, 0.3) is 6.08 Å². The summed E-state index contributed by atoms with van der Waals surface area (Å²) in [6, 6.07) is 6.36. The lowest BCUT2D eigenvalue weighted by atomic mass is 9.99. The molecule has 2 N–H and O–H groups in total. The predicted molar refractivity (Wildman–Crippen MR) is 93.8 cm³/mol. The minimum absolute atomic E-state index is 0.146. The average molecular weight is 310 g/mol. The van der Waals surface area contributed by atoms with Gasteiger partial charge in [0.2, 0.25) is 5.91 Å². The number of nitrogens with zero attached hydrogens (tertiary/aromatic N) is 2. The molecule has 0 saturated carbocycles. The molecule has 1 aliphatic heterocycles. The normalized spacial score (nSPS) is 14.1. The lowest BCUT2D eigenvalue weighted by molar-refractivity contribution is -0.111. The zero-order valence-electron chi connectivity index (χ0n) is 13.8. The van der Waals surface area contributed by atoms with E-state index in [1.54, 1.807) is 6.08 Å². The monoisotopic (exact) mass is 310 g/mol. The first-order chi connectivity index (χ1) is 11.0. The van der Waals surface area contributed by atoms with Crippen LogP contribution in [-0.2, 0) is 11.2 Å². The summed E-state index contributed by atoms with van der Waals surface area (Å²) in [6.45, 7) is 4.86. The third kappa shape index (κ3) is 3.28. The fraction of sp³-hybridized carbons (Fsp3) is 0.333. The summed E-state index contributed by atoms with van der Waals surface area (Å²) >= 11 is 0. The second-order valence-corrected chi connectivity index (χ2v) is 6.04. The SMILES string of the molecule is Cc1n[nH]c(C)c1NC(=O)/C=C/c1ccc2c(c1)CCCN2C. The zero-order valence-corrected chi connectivity index (χ0v) is 13.8. The number of fused-ring (bicyclic) bond motifs is 1. The number of carbonyl (C=O) groups is 1. The molecule has 0 radical (unpaired) electrons. The van der Waals surface area contributed by atoms with E-state index in [4.69, 9.17) is 0 Å². The Bertz CT molecular complexity index is 741. The molecular weight excluding hydrogens is 288 g/mol. The van der Waals surface area contributed by atoms with Crippen LogP contribution in [0.4, 0.5) is 11.4 Å². The summed E-state index contributed by atoms with van der Waals surface area (Å²) in [6.07, 6.45) is 5.70. The topological polar surface area (TPSA) is 61.0 Å². The maximum atomic E-state index is 12.1. The van der Waals surface area contributed by atoms with Crippen LogP contribution in [0.2, 0.25) is 0 Å². The van der Waals surface area contributed by atoms with Crippen LogP contribution in [0, 0.1) is 13.8 Å². The van der Waals surface area contributed by atoms with Crippen molar-refractivity contribution in [2.75, 3.05) is 23.8 Å². The van der Waals surface area contributed by atoms with Gasteiger partial charge in [0.05, 0.1) is 17.1 Å². The maximum Gasteiger partial charge on any atom is 0.248 e. The van der Waals surface area contributed by atoms with E-state index in [1.807, 2.05) is 19.9 Å². The molecule has 0 bridgehead atoms. The highest BCUT2D eigenvalue weighted by Crippen LogP contribution is 2.27. The van der Waals surface area contributed by atoms with Gasteiger partial charge in [-0.2, -0.15) is 5.10 Å². The number of rotatable bonds is 3. The Kier molecular flexibility index (Phi) is 4.19. The van der Waals surface area contributed by atoms with Crippen LogP contribution in [0.5, 0.6) is 0 Å². The van der Waals surface area contributed by atoms with E-state index in [9.17, 15) is 4.79 Å². The molecule has 5 heteroatoms. The van der Waals surface area contributed by atoms with Crippen molar-refractivity contribution in [3.8, 4) is 0 Å². The second-order valence-electron chi connectivity index (χ2n) is 6.04. The molecule has 3 rings (SSSR count). The highest BCUT2D eigenvalue weighted by Gasteiger charge is 2.13. The number of aryl methyl sites for hydroxylation is 3. The molecule has 120 valence electrons. The van der Waals surface area contributed by atoms with Crippen LogP contribution in [0.3, 0.4) is 0 Å². The van der Waals surface area contributed by atoms with Gasteiger partial charge in [-0.25, -0.2) is 0 Å². The smallest absolute Gasteiger partial charge is 0.248 e. The van der Waals surface area contributed by atoms with E-state index in [1.165, 1.54) is 17.7 Å². The standard InChI is InChI=1S/C18H22N4O/c1-12-18(13(2)21-20-12)19-17(23)9-7-14-6-8-16-15(11-14)5-4-10-22(16)3/h6-9,11H,4-5,10H2,1-3H3,(H,19,23)(H,20,21)/b9-7+. The minimum atomic E-state index is -0.146. The molecule has 1 aromatic heterocycles. The predicted octanol–water partition coefficient (Wildman–Crippen LogP) is 3.06. The van der Waals surface area contributed by atoms with Crippen molar-refractivity contribution in [3.05, 3.63) is 46.8 Å². The Morgan fingerprint density at radius 1 is 1.39 bits per heavy atom. The Hall–Kier alpha value is -2.56. The molecule has 0 fully saturated rings. The number of carbonyl (C=O) groups excluding carboxylic acids is 1. The van der Waals surface area contributed by atoms with Crippen LogP contribution in [-0.4, -0.2) is 29.7 Å². The maximum absolute atomic E-state index is 12.1.